The molecule has 1 aliphatic rings. The van der Waals surface area contributed by atoms with Gasteiger partial charge in [0, 0.05) is 13.1 Å². The van der Waals surface area contributed by atoms with E-state index in [2.05, 4.69) is 19.6 Å². The van der Waals surface area contributed by atoms with E-state index in [1.807, 2.05) is 0 Å². The van der Waals surface area contributed by atoms with Crippen molar-refractivity contribution in [3.05, 3.63) is 36.2 Å². The number of amides is 1. The van der Waals surface area contributed by atoms with E-state index in [1.165, 1.54) is 44.1 Å². The van der Waals surface area contributed by atoms with Gasteiger partial charge in [-0.25, -0.2) is 18.4 Å². The summed E-state index contributed by atoms with van der Waals surface area (Å²) in [6.45, 7) is 1.79. The van der Waals surface area contributed by atoms with Gasteiger partial charge in [0.25, 0.3) is 15.9 Å². The minimum absolute atomic E-state index is 0.0166. The van der Waals surface area contributed by atoms with Crippen LogP contribution in [0.3, 0.4) is 0 Å². The van der Waals surface area contributed by atoms with Crippen molar-refractivity contribution in [1.29, 1.82) is 0 Å². The average molecular weight is 391 g/mol. The smallest absolute Gasteiger partial charge is 0.262 e. The molecule has 1 saturated heterocycles. The summed E-state index contributed by atoms with van der Waals surface area (Å²) in [4.78, 5) is 22.0. The van der Waals surface area contributed by atoms with E-state index in [0.29, 0.717) is 5.95 Å². The zero-order chi connectivity index (χ0) is 19.4. The van der Waals surface area contributed by atoms with Crippen LogP contribution in [0.15, 0.2) is 35.5 Å². The van der Waals surface area contributed by atoms with Gasteiger partial charge in [0.1, 0.15) is 5.75 Å². The number of nitrogens with two attached hydrogens (primary N) is 1. The van der Waals surface area contributed by atoms with Crippen LogP contribution in [0.4, 0.5) is 11.6 Å². The molecule has 27 heavy (non-hydrogen) atoms. The summed E-state index contributed by atoms with van der Waals surface area (Å²) in [5, 5.41) is 0. The van der Waals surface area contributed by atoms with Gasteiger partial charge in [0.2, 0.25) is 5.95 Å². The van der Waals surface area contributed by atoms with Crippen LogP contribution in [0.5, 0.6) is 5.75 Å². The number of nitrogens with zero attached hydrogens (tertiary/aromatic N) is 3. The van der Waals surface area contributed by atoms with E-state index < -0.39 is 15.9 Å². The lowest BCUT2D eigenvalue weighted by Crippen LogP contribution is -2.30. The number of aromatic nitrogens is 2. The highest BCUT2D eigenvalue weighted by atomic mass is 32.2. The summed E-state index contributed by atoms with van der Waals surface area (Å²) >= 11 is 0. The minimum atomic E-state index is -3.94. The van der Waals surface area contributed by atoms with Gasteiger partial charge < -0.3 is 15.4 Å². The van der Waals surface area contributed by atoms with E-state index in [4.69, 9.17) is 10.5 Å². The predicted molar refractivity (Wildman–Crippen MR) is 100 cm³/mol. The number of hydrogen-bond donors (Lipinski definition) is 2. The lowest BCUT2D eigenvalue weighted by Gasteiger charge is -2.26. The van der Waals surface area contributed by atoms with Crippen LogP contribution in [0.1, 0.15) is 29.6 Å². The van der Waals surface area contributed by atoms with E-state index in [-0.39, 0.29) is 21.9 Å². The average Bonchev–Trinajstić information content (AvgIpc) is 2.68. The van der Waals surface area contributed by atoms with Gasteiger partial charge in [-0.1, -0.05) is 0 Å². The number of piperidine rings is 1. The third-order valence-corrected chi connectivity index (χ3v) is 5.66. The highest BCUT2D eigenvalue weighted by Crippen LogP contribution is 2.24. The lowest BCUT2D eigenvalue weighted by atomic mass is 10.1. The Balaban J connectivity index is 1.80. The summed E-state index contributed by atoms with van der Waals surface area (Å²) in [6.07, 6.45) is 6.23. The first-order valence-corrected chi connectivity index (χ1v) is 9.96. The Morgan fingerprint density at radius 1 is 1.19 bits per heavy atom. The number of benzene rings is 1. The fraction of sp³-hybridized carbons (Fsp3) is 0.353. The van der Waals surface area contributed by atoms with Crippen molar-refractivity contribution in [2.45, 2.75) is 24.2 Å². The fourth-order valence-electron chi connectivity index (χ4n) is 2.89. The van der Waals surface area contributed by atoms with Crippen molar-refractivity contribution >= 4 is 27.6 Å². The van der Waals surface area contributed by atoms with E-state index >= 15 is 0 Å². The van der Waals surface area contributed by atoms with Crippen molar-refractivity contribution < 1.29 is 17.9 Å². The maximum absolute atomic E-state index is 12.6. The lowest BCUT2D eigenvalue weighted by molar-refractivity contribution is 0.0997. The number of anilines is 2. The fourth-order valence-corrected chi connectivity index (χ4v) is 3.95. The van der Waals surface area contributed by atoms with Crippen molar-refractivity contribution in [2.24, 2.45) is 5.73 Å². The van der Waals surface area contributed by atoms with Crippen LogP contribution in [0, 0.1) is 0 Å². The Bertz CT molecular complexity index is 925. The molecule has 144 valence electrons. The molecule has 0 saturated carbocycles. The molecule has 0 unspecified atom stereocenters. The van der Waals surface area contributed by atoms with Gasteiger partial charge in [0.05, 0.1) is 35.6 Å². The Kier molecular flexibility index (Phi) is 5.45. The normalized spacial score (nSPS) is 14.6. The molecule has 1 amide bonds. The summed E-state index contributed by atoms with van der Waals surface area (Å²) < 4.78 is 32.6. The quantitative estimate of drug-likeness (QED) is 0.761. The summed E-state index contributed by atoms with van der Waals surface area (Å²) in [6, 6.07) is 3.88. The summed E-state index contributed by atoms with van der Waals surface area (Å²) in [5.74, 6) is 0.00638. The number of rotatable bonds is 6. The van der Waals surface area contributed by atoms with Crippen LogP contribution in [0.25, 0.3) is 0 Å². The third-order valence-electron chi connectivity index (χ3n) is 4.28. The van der Waals surface area contributed by atoms with Crippen molar-refractivity contribution in [1.82, 2.24) is 9.97 Å². The molecule has 1 aromatic heterocycles. The Hall–Kier alpha value is -2.88. The maximum Gasteiger partial charge on any atom is 0.262 e. The molecule has 3 rings (SSSR count). The van der Waals surface area contributed by atoms with Crippen LogP contribution in [-0.4, -0.2) is 44.5 Å². The SMILES string of the molecule is COc1ccc(S(=O)(=O)Nc2cnc(N3CCCCC3)nc2)cc1C(N)=O. The molecule has 0 bridgehead atoms. The molecule has 2 aromatic rings. The van der Waals surface area contributed by atoms with Gasteiger partial charge >= 0.3 is 0 Å². The molecule has 0 spiro atoms. The second-order valence-corrected chi connectivity index (χ2v) is 7.83. The molecule has 0 radical (unpaired) electrons. The minimum Gasteiger partial charge on any atom is -0.496 e. The van der Waals surface area contributed by atoms with Crippen molar-refractivity contribution in [2.75, 3.05) is 29.8 Å². The van der Waals surface area contributed by atoms with Crippen LogP contribution in [0.2, 0.25) is 0 Å². The first-order valence-electron chi connectivity index (χ1n) is 8.48. The molecule has 9 nitrogen and oxygen atoms in total. The number of ether oxygens (including phenoxy) is 1. The van der Waals surface area contributed by atoms with Crippen molar-refractivity contribution in [3.8, 4) is 5.75 Å². The highest BCUT2D eigenvalue weighted by Gasteiger charge is 2.20. The monoisotopic (exact) mass is 391 g/mol. The molecule has 1 aromatic carbocycles. The summed E-state index contributed by atoms with van der Waals surface area (Å²) in [5.41, 5.74) is 5.50. The van der Waals surface area contributed by atoms with Crippen LogP contribution in [-0.2, 0) is 10.0 Å². The molecule has 2 heterocycles. The van der Waals surface area contributed by atoms with E-state index in [9.17, 15) is 13.2 Å². The number of primary amides is 1. The molecule has 1 aliphatic heterocycles. The predicted octanol–water partition coefficient (Wildman–Crippen LogP) is 1.38. The number of carbonyl (C=O) groups is 1. The Labute approximate surface area is 157 Å². The number of sulfonamides is 1. The number of carbonyl (C=O) groups excluding carboxylic acids is 1. The zero-order valence-corrected chi connectivity index (χ0v) is 15.7. The number of hydrogen-bond acceptors (Lipinski definition) is 7. The van der Waals surface area contributed by atoms with Gasteiger partial charge in [-0.05, 0) is 37.5 Å². The largest absolute Gasteiger partial charge is 0.496 e. The van der Waals surface area contributed by atoms with Gasteiger partial charge in [0.15, 0.2) is 0 Å². The maximum atomic E-state index is 12.6. The molecule has 1 fully saturated rings. The van der Waals surface area contributed by atoms with Crippen LogP contribution < -0.4 is 20.1 Å². The van der Waals surface area contributed by atoms with Gasteiger partial charge in [-0.15, -0.1) is 0 Å². The summed E-state index contributed by atoms with van der Waals surface area (Å²) in [7, 11) is -2.57. The topological polar surface area (TPSA) is 128 Å². The molecule has 0 aliphatic carbocycles. The van der Waals surface area contributed by atoms with E-state index in [0.717, 1.165) is 25.9 Å². The van der Waals surface area contributed by atoms with Gasteiger partial charge in [-0.3, -0.25) is 9.52 Å². The molecule has 3 N–H and O–H groups in total. The first kappa shape index (κ1) is 18.9. The first-order chi connectivity index (χ1) is 12.9. The van der Waals surface area contributed by atoms with Crippen LogP contribution >= 0.6 is 0 Å². The molecule has 10 heteroatoms. The second kappa shape index (κ2) is 7.78. The third kappa shape index (κ3) is 4.27. The second-order valence-electron chi connectivity index (χ2n) is 6.15. The highest BCUT2D eigenvalue weighted by molar-refractivity contribution is 7.92. The molecule has 0 atom stereocenters. The van der Waals surface area contributed by atoms with Gasteiger partial charge in [-0.2, -0.15) is 0 Å². The molecular weight excluding hydrogens is 370 g/mol. The van der Waals surface area contributed by atoms with E-state index in [1.54, 1.807) is 0 Å². The standard InChI is InChI=1S/C17H21N5O4S/c1-26-15-6-5-13(9-14(15)16(18)23)27(24,25)21-12-10-19-17(20-11-12)22-7-3-2-4-8-22/h5-6,9-11,21H,2-4,7-8H2,1H3,(H2,18,23). The number of nitrogens with one attached hydrogen (secondary N) is 1. The number of methoxy groups -OCH3 is 1. The Morgan fingerprint density at radius 2 is 1.85 bits per heavy atom. The Morgan fingerprint density at radius 3 is 2.44 bits per heavy atom. The zero-order valence-electron chi connectivity index (χ0n) is 14.9. The molecular formula is C17H21N5O4S. The van der Waals surface area contributed by atoms with Crippen molar-refractivity contribution in [3.63, 3.8) is 0 Å².